The molecule has 1 aliphatic heterocycles. The second-order valence-electron chi connectivity index (χ2n) is 6.22. The van der Waals surface area contributed by atoms with Crippen molar-refractivity contribution in [2.75, 3.05) is 25.0 Å². The topological polar surface area (TPSA) is 75.9 Å². The predicted molar refractivity (Wildman–Crippen MR) is 92.2 cm³/mol. The Labute approximate surface area is 142 Å². The van der Waals surface area contributed by atoms with E-state index in [1.54, 1.807) is 17.1 Å². The van der Waals surface area contributed by atoms with Crippen molar-refractivity contribution in [2.24, 2.45) is 0 Å². The fourth-order valence-electron chi connectivity index (χ4n) is 3.00. The highest BCUT2D eigenvalue weighted by atomic mass is 16.2. The molecule has 24 heavy (non-hydrogen) atoms. The van der Waals surface area contributed by atoms with Crippen LogP contribution in [-0.2, 0) is 4.79 Å². The van der Waals surface area contributed by atoms with E-state index in [2.05, 4.69) is 20.4 Å². The Balaban J connectivity index is 1.57. The molecule has 0 aromatic carbocycles. The van der Waals surface area contributed by atoms with Crippen molar-refractivity contribution in [3.8, 4) is 5.82 Å². The summed E-state index contributed by atoms with van der Waals surface area (Å²) in [6, 6.07) is 2.00. The van der Waals surface area contributed by atoms with Crippen LogP contribution in [0.4, 0.5) is 5.82 Å². The maximum atomic E-state index is 12.2. The summed E-state index contributed by atoms with van der Waals surface area (Å²) >= 11 is 0. The number of aromatic nitrogens is 4. The average Bonchev–Trinajstić information content (AvgIpc) is 2.94. The minimum atomic E-state index is 0.213. The van der Waals surface area contributed by atoms with Gasteiger partial charge in [0.15, 0.2) is 5.82 Å². The molecular weight excluding hydrogens is 304 g/mol. The first-order valence-electron chi connectivity index (χ1n) is 8.51. The number of nitrogens with zero attached hydrogens (tertiary/aromatic N) is 5. The molecule has 1 N–H and O–H groups in total. The molecule has 0 aliphatic carbocycles. The molecule has 0 radical (unpaired) electrons. The van der Waals surface area contributed by atoms with E-state index in [0.717, 1.165) is 37.3 Å². The molecule has 1 amide bonds. The molecular formula is C17H24N6O. The number of carbonyl (C=O) groups excluding carboxylic acids is 1. The minimum absolute atomic E-state index is 0.213. The van der Waals surface area contributed by atoms with Gasteiger partial charge in [-0.15, -0.1) is 0 Å². The Morgan fingerprint density at radius 3 is 2.71 bits per heavy atom. The van der Waals surface area contributed by atoms with E-state index >= 15 is 0 Å². The van der Waals surface area contributed by atoms with Crippen LogP contribution in [0.25, 0.3) is 5.82 Å². The molecule has 1 fully saturated rings. The molecule has 3 rings (SSSR count). The second-order valence-corrected chi connectivity index (χ2v) is 6.22. The highest BCUT2D eigenvalue weighted by Gasteiger charge is 2.15. The number of nitrogens with one attached hydrogen (secondary N) is 1. The zero-order valence-electron chi connectivity index (χ0n) is 14.3. The van der Waals surface area contributed by atoms with Crippen molar-refractivity contribution in [1.82, 2.24) is 24.6 Å². The van der Waals surface area contributed by atoms with Crippen LogP contribution in [-0.4, -0.2) is 50.2 Å². The number of likely N-dealkylation sites (tertiary alicyclic amines) is 1. The quantitative estimate of drug-likeness (QED) is 0.909. The van der Waals surface area contributed by atoms with E-state index in [1.165, 1.54) is 6.42 Å². The van der Waals surface area contributed by atoms with Crippen molar-refractivity contribution in [2.45, 2.75) is 39.5 Å². The smallest absolute Gasteiger partial charge is 0.224 e. The number of piperidine rings is 1. The number of aryl methyl sites for hydroxylation is 2. The fourth-order valence-corrected chi connectivity index (χ4v) is 3.00. The Bertz CT molecular complexity index is 705. The average molecular weight is 328 g/mol. The number of rotatable bonds is 5. The van der Waals surface area contributed by atoms with E-state index < -0.39 is 0 Å². The largest absolute Gasteiger partial charge is 0.368 e. The van der Waals surface area contributed by atoms with Gasteiger partial charge in [-0.2, -0.15) is 5.10 Å². The standard InChI is InChI=1S/C17H24N6O/c1-13-10-14(2)23(21-13)16-12-18-11-15(20-16)19-7-6-17(24)22-8-4-3-5-9-22/h10-12H,3-9H2,1-2H3,(H,19,20). The van der Waals surface area contributed by atoms with Crippen LogP contribution < -0.4 is 5.32 Å². The lowest BCUT2D eigenvalue weighted by atomic mass is 10.1. The molecule has 2 aromatic heterocycles. The first-order valence-corrected chi connectivity index (χ1v) is 8.51. The number of hydrogen-bond donors (Lipinski definition) is 1. The van der Waals surface area contributed by atoms with Crippen molar-refractivity contribution in [3.63, 3.8) is 0 Å². The summed E-state index contributed by atoms with van der Waals surface area (Å²) in [5, 5.41) is 7.61. The van der Waals surface area contributed by atoms with E-state index in [4.69, 9.17) is 0 Å². The first-order chi connectivity index (χ1) is 11.6. The monoisotopic (exact) mass is 328 g/mol. The van der Waals surface area contributed by atoms with Gasteiger partial charge < -0.3 is 10.2 Å². The molecule has 3 heterocycles. The van der Waals surface area contributed by atoms with Gasteiger partial charge in [0.25, 0.3) is 0 Å². The normalized spacial score (nSPS) is 14.7. The Hall–Kier alpha value is -2.44. The van der Waals surface area contributed by atoms with Crippen LogP contribution in [0.3, 0.4) is 0 Å². The third kappa shape index (κ3) is 3.90. The Morgan fingerprint density at radius 2 is 2.00 bits per heavy atom. The summed E-state index contributed by atoms with van der Waals surface area (Å²) in [4.78, 5) is 22.9. The molecule has 7 nitrogen and oxygen atoms in total. The summed E-state index contributed by atoms with van der Waals surface area (Å²) < 4.78 is 1.77. The maximum absolute atomic E-state index is 12.2. The lowest BCUT2D eigenvalue weighted by Gasteiger charge is -2.26. The molecule has 2 aromatic rings. The van der Waals surface area contributed by atoms with E-state index in [0.29, 0.717) is 24.6 Å². The van der Waals surface area contributed by atoms with E-state index in [1.807, 2.05) is 24.8 Å². The van der Waals surface area contributed by atoms with Crippen molar-refractivity contribution >= 4 is 11.7 Å². The van der Waals surface area contributed by atoms with Gasteiger partial charge in [-0.25, -0.2) is 9.67 Å². The second kappa shape index (κ2) is 7.42. The summed E-state index contributed by atoms with van der Waals surface area (Å²) in [5.41, 5.74) is 1.96. The van der Waals surface area contributed by atoms with Crippen LogP contribution >= 0.6 is 0 Å². The number of anilines is 1. The van der Waals surface area contributed by atoms with Crippen LogP contribution in [0.1, 0.15) is 37.1 Å². The first kappa shape index (κ1) is 16.4. The van der Waals surface area contributed by atoms with E-state index in [-0.39, 0.29) is 5.91 Å². The molecule has 7 heteroatoms. The van der Waals surface area contributed by atoms with Gasteiger partial charge in [-0.1, -0.05) is 0 Å². The number of amides is 1. The zero-order valence-corrected chi connectivity index (χ0v) is 14.3. The summed E-state index contributed by atoms with van der Waals surface area (Å²) in [7, 11) is 0. The van der Waals surface area contributed by atoms with Gasteiger partial charge >= 0.3 is 0 Å². The molecule has 0 saturated carbocycles. The molecule has 0 spiro atoms. The Kier molecular flexibility index (Phi) is 5.08. The predicted octanol–water partition coefficient (Wildman–Crippen LogP) is 2.09. The highest BCUT2D eigenvalue weighted by molar-refractivity contribution is 5.76. The molecule has 128 valence electrons. The zero-order chi connectivity index (χ0) is 16.9. The van der Waals surface area contributed by atoms with Gasteiger partial charge in [0.05, 0.1) is 18.1 Å². The molecule has 1 aliphatic rings. The van der Waals surface area contributed by atoms with Gasteiger partial charge in [0, 0.05) is 31.7 Å². The summed E-state index contributed by atoms with van der Waals surface area (Å²) in [6.45, 7) is 6.28. The summed E-state index contributed by atoms with van der Waals surface area (Å²) in [5.74, 6) is 1.55. The Morgan fingerprint density at radius 1 is 1.21 bits per heavy atom. The lowest BCUT2D eigenvalue weighted by Crippen LogP contribution is -2.36. The van der Waals surface area contributed by atoms with Crippen LogP contribution in [0, 0.1) is 13.8 Å². The van der Waals surface area contributed by atoms with Gasteiger partial charge in [0.1, 0.15) is 5.82 Å². The fraction of sp³-hybridized carbons (Fsp3) is 0.529. The summed E-state index contributed by atoms with van der Waals surface area (Å²) in [6.07, 6.45) is 7.30. The third-order valence-corrected chi connectivity index (χ3v) is 4.20. The highest BCUT2D eigenvalue weighted by Crippen LogP contribution is 2.12. The number of carbonyl (C=O) groups is 1. The van der Waals surface area contributed by atoms with Crippen LogP contribution in [0.5, 0.6) is 0 Å². The van der Waals surface area contributed by atoms with Gasteiger partial charge in [0.2, 0.25) is 5.91 Å². The SMILES string of the molecule is Cc1cc(C)n(-c2cncc(NCCC(=O)N3CCCCC3)n2)n1. The van der Waals surface area contributed by atoms with Gasteiger partial charge in [-0.3, -0.25) is 9.78 Å². The number of hydrogen-bond acceptors (Lipinski definition) is 5. The third-order valence-electron chi connectivity index (χ3n) is 4.20. The van der Waals surface area contributed by atoms with Crippen molar-refractivity contribution in [1.29, 1.82) is 0 Å². The molecule has 0 atom stereocenters. The van der Waals surface area contributed by atoms with Crippen molar-refractivity contribution < 1.29 is 4.79 Å². The van der Waals surface area contributed by atoms with Crippen LogP contribution in [0.2, 0.25) is 0 Å². The van der Waals surface area contributed by atoms with Gasteiger partial charge in [-0.05, 0) is 39.2 Å². The molecule has 0 bridgehead atoms. The lowest BCUT2D eigenvalue weighted by molar-refractivity contribution is -0.131. The molecule has 1 saturated heterocycles. The van der Waals surface area contributed by atoms with Crippen molar-refractivity contribution in [3.05, 3.63) is 29.8 Å². The maximum Gasteiger partial charge on any atom is 0.224 e. The van der Waals surface area contributed by atoms with E-state index in [9.17, 15) is 4.79 Å². The minimum Gasteiger partial charge on any atom is -0.368 e. The van der Waals surface area contributed by atoms with Crippen LogP contribution in [0.15, 0.2) is 18.5 Å². The molecule has 0 unspecified atom stereocenters.